The van der Waals surface area contributed by atoms with Gasteiger partial charge in [0.25, 0.3) is 5.82 Å². The predicted molar refractivity (Wildman–Crippen MR) is 161 cm³/mol. The van der Waals surface area contributed by atoms with E-state index < -0.39 is 0 Å². The molecule has 1 rings (SSSR count). The Morgan fingerprint density at radius 2 is 0.861 bits per heavy atom. The Bertz CT molecular complexity index is 562. The first kappa shape index (κ1) is 33.2. The van der Waals surface area contributed by atoms with Crippen LogP contribution in [0.1, 0.15) is 187 Å². The Hall–Kier alpha value is -0.790. The molecule has 2 nitrogen and oxygen atoms in total. The van der Waals surface area contributed by atoms with Crippen LogP contribution in [-0.2, 0) is 19.5 Å². The molecule has 2 heteroatoms. The second-order valence-corrected chi connectivity index (χ2v) is 11.6. The molecule has 0 aliphatic heterocycles. The molecule has 212 valence electrons. The van der Waals surface area contributed by atoms with E-state index in [-0.39, 0.29) is 0 Å². The van der Waals surface area contributed by atoms with Crippen LogP contribution in [0, 0.1) is 0 Å². The van der Waals surface area contributed by atoms with Crippen LogP contribution in [0.2, 0.25) is 0 Å². The molecule has 0 saturated heterocycles. The number of hydrogen-bond acceptors (Lipinski definition) is 0. The summed E-state index contributed by atoms with van der Waals surface area (Å²) in [5, 5.41) is 0. The molecule has 0 aromatic carbocycles. The van der Waals surface area contributed by atoms with Crippen LogP contribution in [0.3, 0.4) is 0 Å². The number of nitrogens with zero attached hydrogens (tertiary/aromatic N) is 2. The van der Waals surface area contributed by atoms with Crippen LogP contribution in [-0.4, -0.2) is 4.57 Å². The standard InChI is InChI=1S/C34H67N2/c1-4-7-10-12-14-16-17-18-19-20-22-24-26-29-34-35(30-27-9-6-3)32-33-36(34)31-28-25-23-21-15-13-11-8-5-2/h32-33H,4-31H2,1-3H3/q+1. The lowest BCUT2D eigenvalue weighted by atomic mass is 10.0. The largest absolute Gasteiger partial charge is 0.256 e. The first-order valence-corrected chi connectivity index (χ1v) is 16.9. The molecular formula is C34H67N2+. The van der Waals surface area contributed by atoms with Crippen molar-refractivity contribution in [3.05, 3.63) is 18.2 Å². The molecule has 0 N–H and O–H groups in total. The van der Waals surface area contributed by atoms with Crippen molar-refractivity contribution < 1.29 is 4.57 Å². The maximum absolute atomic E-state index is 2.60. The minimum Gasteiger partial charge on any atom is -0.234 e. The van der Waals surface area contributed by atoms with Gasteiger partial charge in [-0.2, -0.15) is 0 Å². The highest BCUT2D eigenvalue weighted by molar-refractivity contribution is 4.84. The zero-order valence-electron chi connectivity index (χ0n) is 25.3. The minimum atomic E-state index is 1.21. The summed E-state index contributed by atoms with van der Waals surface area (Å²) in [6.07, 6.45) is 41.5. The van der Waals surface area contributed by atoms with Crippen LogP contribution < -0.4 is 4.57 Å². The van der Waals surface area contributed by atoms with Crippen molar-refractivity contribution in [1.29, 1.82) is 0 Å². The number of unbranched alkanes of at least 4 members (excludes halogenated alkanes) is 22. The Kier molecular flexibility index (Phi) is 23.9. The van der Waals surface area contributed by atoms with Crippen LogP contribution in [0.4, 0.5) is 0 Å². The fourth-order valence-electron chi connectivity index (χ4n) is 5.62. The summed E-state index contributed by atoms with van der Waals surface area (Å²) < 4.78 is 5.19. The Morgan fingerprint density at radius 3 is 1.33 bits per heavy atom. The molecule has 0 spiro atoms. The summed E-state index contributed by atoms with van der Waals surface area (Å²) in [5.41, 5.74) is 0. The van der Waals surface area contributed by atoms with Crippen LogP contribution in [0.5, 0.6) is 0 Å². The van der Waals surface area contributed by atoms with Gasteiger partial charge in [-0.25, -0.2) is 9.13 Å². The Morgan fingerprint density at radius 1 is 0.472 bits per heavy atom. The highest BCUT2D eigenvalue weighted by Crippen LogP contribution is 2.14. The molecule has 1 heterocycles. The molecular weight excluding hydrogens is 436 g/mol. The van der Waals surface area contributed by atoms with E-state index >= 15 is 0 Å². The zero-order valence-corrected chi connectivity index (χ0v) is 25.3. The van der Waals surface area contributed by atoms with Crippen molar-refractivity contribution in [3.63, 3.8) is 0 Å². The summed E-state index contributed by atoms with van der Waals surface area (Å²) in [5.74, 6) is 1.61. The van der Waals surface area contributed by atoms with Crippen molar-refractivity contribution in [2.24, 2.45) is 0 Å². The van der Waals surface area contributed by atoms with Gasteiger partial charge in [0.05, 0.1) is 13.1 Å². The summed E-state index contributed by atoms with van der Waals surface area (Å²) in [6.45, 7) is 9.37. The summed E-state index contributed by atoms with van der Waals surface area (Å²) in [7, 11) is 0. The number of imidazole rings is 1. The topological polar surface area (TPSA) is 8.81 Å². The molecule has 1 aromatic heterocycles. The van der Waals surface area contributed by atoms with E-state index in [1.165, 1.54) is 180 Å². The number of aromatic nitrogens is 2. The van der Waals surface area contributed by atoms with E-state index in [0.29, 0.717) is 0 Å². The van der Waals surface area contributed by atoms with Gasteiger partial charge in [0.15, 0.2) is 0 Å². The van der Waals surface area contributed by atoms with Crippen molar-refractivity contribution in [2.45, 2.75) is 201 Å². The second-order valence-electron chi connectivity index (χ2n) is 11.6. The zero-order chi connectivity index (χ0) is 25.9. The normalized spacial score (nSPS) is 11.5. The van der Waals surface area contributed by atoms with Gasteiger partial charge >= 0.3 is 0 Å². The number of rotatable bonds is 28. The maximum atomic E-state index is 2.60. The third-order valence-electron chi connectivity index (χ3n) is 8.10. The Balaban J connectivity index is 2.20. The highest BCUT2D eigenvalue weighted by Gasteiger charge is 2.16. The van der Waals surface area contributed by atoms with E-state index in [1.807, 2.05) is 0 Å². The first-order chi connectivity index (χ1) is 17.8. The molecule has 0 aliphatic rings. The number of hydrogen-bond donors (Lipinski definition) is 0. The number of aryl methyl sites for hydroxylation is 2. The molecule has 0 unspecified atom stereocenters. The van der Waals surface area contributed by atoms with Crippen LogP contribution >= 0.6 is 0 Å². The van der Waals surface area contributed by atoms with Gasteiger partial charge in [0, 0.05) is 6.42 Å². The van der Waals surface area contributed by atoms with E-state index in [9.17, 15) is 0 Å². The first-order valence-electron chi connectivity index (χ1n) is 16.9. The lowest BCUT2D eigenvalue weighted by molar-refractivity contribution is -0.704. The summed E-state index contributed by atoms with van der Waals surface area (Å²) in [6, 6.07) is 0. The van der Waals surface area contributed by atoms with E-state index in [4.69, 9.17) is 0 Å². The smallest absolute Gasteiger partial charge is 0.234 e. The molecule has 1 aromatic rings. The SMILES string of the molecule is CCCCCCCCCCCCCCCc1n(CCCCCCCCCCC)cc[n+]1CCCCC. The molecule has 0 radical (unpaired) electrons. The maximum Gasteiger partial charge on any atom is 0.256 e. The van der Waals surface area contributed by atoms with Gasteiger partial charge in [0.1, 0.15) is 12.4 Å². The molecule has 0 aliphatic carbocycles. The van der Waals surface area contributed by atoms with E-state index in [1.54, 1.807) is 5.82 Å². The average molecular weight is 504 g/mol. The van der Waals surface area contributed by atoms with Crippen LogP contribution in [0.25, 0.3) is 0 Å². The minimum absolute atomic E-state index is 1.21. The molecule has 0 saturated carbocycles. The van der Waals surface area contributed by atoms with Crippen molar-refractivity contribution in [1.82, 2.24) is 4.57 Å². The quantitative estimate of drug-likeness (QED) is 0.0794. The van der Waals surface area contributed by atoms with Crippen molar-refractivity contribution >= 4 is 0 Å². The third kappa shape index (κ3) is 18.5. The van der Waals surface area contributed by atoms with Gasteiger partial charge in [-0.15, -0.1) is 0 Å². The fraction of sp³-hybridized carbons (Fsp3) is 0.912. The second kappa shape index (κ2) is 25.8. The lowest BCUT2D eigenvalue weighted by Gasteiger charge is -2.07. The van der Waals surface area contributed by atoms with Gasteiger partial charge in [-0.1, -0.05) is 149 Å². The molecule has 0 amide bonds. The van der Waals surface area contributed by atoms with Gasteiger partial charge in [0.2, 0.25) is 0 Å². The van der Waals surface area contributed by atoms with Crippen molar-refractivity contribution in [2.75, 3.05) is 0 Å². The average Bonchev–Trinajstić information content (AvgIpc) is 3.27. The van der Waals surface area contributed by atoms with E-state index in [0.717, 1.165) is 0 Å². The monoisotopic (exact) mass is 504 g/mol. The Labute approximate surface area is 228 Å². The highest BCUT2D eigenvalue weighted by atomic mass is 15.1. The summed E-state index contributed by atoms with van der Waals surface area (Å²) >= 11 is 0. The van der Waals surface area contributed by atoms with Gasteiger partial charge < -0.3 is 0 Å². The molecule has 0 fully saturated rings. The van der Waals surface area contributed by atoms with Crippen LogP contribution in [0.15, 0.2) is 12.4 Å². The van der Waals surface area contributed by atoms with E-state index in [2.05, 4.69) is 42.3 Å². The molecule has 36 heavy (non-hydrogen) atoms. The lowest BCUT2D eigenvalue weighted by Crippen LogP contribution is -2.37. The van der Waals surface area contributed by atoms with Gasteiger partial charge in [-0.3, -0.25) is 0 Å². The van der Waals surface area contributed by atoms with Gasteiger partial charge in [-0.05, 0) is 32.1 Å². The third-order valence-corrected chi connectivity index (χ3v) is 8.10. The summed E-state index contributed by atoms with van der Waals surface area (Å²) in [4.78, 5) is 0. The van der Waals surface area contributed by atoms with Crippen molar-refractivity contribution in [3.8, 4) is 0 Å². The predicted octanol–water partition coefficient (Wildman–Crippen LogP) is 11.1. The molecule has 0 bridgehead atoms. The fourth-order valence-corrected chi connectivity index (χ4v) is 5.62. The molecule has 0 atom stereocenters.